The number of allylic oxidation sites excluding steroid dienone is 1. The summed E-state index contributed by atoms with van der Waals surface area (Å²) in [4.78, 5) is 3.93. The van der Waals surface area contributed by atoms with Crippen LogP contribution in [0.25, 0.3) is 49.2 Å². The second-order valence-electron chi connectivity index (χ2n) is 14.1. The van der Waals surface area contributed by atoms with Crippen molar-refractivity contribution in [3.63, 3.8) is 0 Å². The molecule has 0 radical (unpaired) electrons. The number of nitrogens with zero attached hydrogens (tertiary/aromatic N) is 1. The van der Waals surface area contributed by atoms with E-state index in [9.17, 15) is 0 Å². The van der Waals surface area contributed by atoms with E-state index in [2.05, 4.69) is 177 Å². The number of thiophene rings is 1. The van der Waals surface area contributed by atoms with Gasteiger partial charge in [-0.15, -0.1) is 11.3 Å². The number of hydrogen-bond donors (Lipinski definition) is 0. The lowest BCUT2D eigenvalue weighted by Crippen LogP contribution is -2.18. The maximum Gasteiger partial charge on any atom is 0.0597 e. The van der Waals surface area contributed by atoms with Crippen molar-refractivity contribution in [2.75, 3.05) is 4.90 Å². The minimum atomic E-state index is -0.0709. The first-order valence-electron chi connectivity index (χ1n) is 17.5. The maximum atomic E-state index is 2.54. The van der Waals surface area contributed by atoms with E-state index in [1.54, 1.807) is 0 Å². The van der Waals surface area contributed by atoms with Crippen LogP contribution < -0.4 is 4.90 Å². The molecule has 2 aliphatic carbocycles. The SMILES string of the molecule is CC1CCC=C(N(c2ccc(-c3ccc(-c4ccccc4)cc3)cc2)c2ccc3c(c2)C(C)(C)c2ccccc2-3)c2sc3ccccc3c21. The van der Waals surface area contributed by atoms with Gasteiger partial charge in [0, 0.05) is 21.5 Å². The number of benzene rings is 6. The van der Waals surface area contributed by atoms with Crippen molar-refractivity contribution in [3.8, 4) is 33.4 Å². The van der Waals surface area contributed by atoms with Gasteiger partial charge in [-0.1, -0.05) is 142 Å². The van der Waals surface area contributed by atoms with Gasteiger partial charge >= 0.3 is 0 Å². The predicted octanol–water partition coefficient (Wildman–Crippen LogP) is 13.6. The van der Waals surface area contributed by atoms with Gasteiger partial charge < -0.3 is 4.90 Å². The molecule has 49 heavy (non-hydrogen) atoms. The first kappa shape index (κ1) is 29.9. The highest BCUT2D eigenvalue weighted by Gasteiger charge is 2.36. The molecular formula is C47H39NS. The number of fused-ring (bicyclic) bond motifs is 6. The Bertz CT molecular complexity index is 2360. The van der Waals surface area contributed by atoms with Crippen molar-refractivity contribution in [1.82, 2.24) is 0 Å². The van der Waals surface area contributed by atoms with Crippen molar-refractivity contribution in [2.24, 2.45) is 0 Å². The molecule has 0 fully saturated rings. The van der Waals surface area contributed by atoms with Crippen LogP contribution in [0.4, 0.5) is 11.4 Å². The van der Waals surface area contributed by atoms with Gasteiger partial charge in [-0.25, -0.2) is 0 Å². The Balaban J connectivity index is 1.17. The first-order chi connectivity index (χ1) is 24.0. The van der Waals surface area contributed by atoms with E-state index in [-0.39, 0.29) is 5.41 Å². The molecule has 9 rings (SSSR count). The van der Waals surface area contributed by atoms with E-state index in [0.29, 0.717) is 5.92 Å². The van der Waals surface area contributed by atoms with Crippen LogP contribution in [-0.2, 0) is 5.41 Å². The van der Waals surface area contributed by atoms with Gasteiger partial charge in [0.15, 0.2) is 0 Å². The van der Waals surface area contributed by atoms with Gasteiger partial charge in [0.25, 0.3) is 0 Å². The molecule has 0 saturated heterocycles. The topological polar surface area (TPSA) is 3.24 Å². The Morgan fingerprint density at radius 1 is 0.592 bits per heavy atom. The molecule has 1 nitrogen and oxygen atoms in total. The molecule has 0 N–H and O–H groups in total. The van der Waals surface area contributed by atoms with Gasteiger partial charge in [-0.05, 0) is 105 Å². The Morgan fingerprint density at radius 2 is 1.18 bits per heavy atom. The summed E-state index contributed by atoms with van der Waals surface area (Å²) in [5.41, 5.74) is 15.6. The van der Waals surface area contributed by atoms with Crippen LogP contribution in [0.5, 0.6) is 0 Å². The van der Waals surface area contributed by atoms with Crippen LogP contribution in [-0.4, -0.2) is 0 Å². The largest absolute Gasteiger partial charge is 0.309 e. The summed E-state index contributed by atoms with van der Waals surface area (Å²) in [5.74, 6) is 0.497. The highest BCUT2D eigenvalue weighted by atomic mass is 32.1. The van der Waals surface area contributed by atoms with E-state index < -0.39 is 0 Å². The molecule has 1 atom stereocenters. The smallest absolute Gasteiger partial charge is 0.0597 e. The Hall–Kier alpha value is -5.18. The van der Waals surface area contributed by atoms with Crippen LogP contribution in [0.1, 0.15) is 61.1 Å². The summed E-state index contributed by atoms with van der Waals surface area (Å²) in [6, 6.07) is 53.8. The van der Waals surface area contributed by atoms with E-state index in [4.69, 9.17) is 0 Å². The van der Waals surface area contributed by atoms with E-state index in [0.717, 1.165) is 12.8 Å². The molecule has 2 aliphatic rings. The van der Waals surface area contributed by atoms with Crippen molar-refractivity contribution in [1.29, 1.82) is 0 Å². The van der Waals surface area contributed by atoms with Gasteiger partial charge in [-0.2, -0.15) is 0 Å². The lowest BCUT2D eigenvalue weighted by Gasteiger charge is -2.30. The Kier molecular flexibility index (Phi) is 7.18. The quantitative estimate of drug-likeness (QED) is 0.179. The minimum Gasteiger partial charge on any atom is -0.309 e. The van der Waals surface area contributed by atoms with Gasteiger partial charge in [0.05, 0.1) is 10.6 Å². The molecule has 0 spiro atoms. The van der Waals surface area contributed by atoms with Crippen molar-refractivity contribution in [3.05, 3.63) is 173 Å². The molecule has 6 aromatic carbocycles. The molecule has 2 heteroatoms. The lowest BCUT2D eigenvalue weighted by atomic mass is 9.82. The molecule has 0 amide bonds. The standard InChI is InChI=1S/C47H39NS/c1-31-12-11-18-43(46-45(31)40-16-8-10-19-44(40)49-46)48(37-28-29-39-38-15-7-9-17-41(38)47(2,3)42(39)30-37)36-26-24-35(25-27-36)34-22-20-33(21-23-34)32-13-5-4-6-14-32/h4-10,13-31H,11-12H2,1-3H3. The maximum absolute atomic E-state index is 2.54. The molecule has 1 heterocycles. The van der Waals surface area contributed by atoms with Crippen LogP contribution in [0.15, 0.2) is 152 Å². The molecule has 238 valence electrons. The third-order valence-electron chi connectivity index (χ3n) is 10.8. The van der Waals surface area contributed by atoms with Crippen LogP contribution >= 0.6 is 11.3 Å². The zero-order valence-electron chi connectivity index (χ0n) is 28.3. The van der Waals surface area contributed by atoms with Crippen molar-refractivity contribution in [2.45, 2.75) is 44.9 Å². The van der Waals surface area contributed by atoms with E-state index in [1.807, 2.05) is 11.3 Å². The summed E-state index contributed by atoms with van der Waals surface area (Å²) >= 11 is 1.95. The van der Waals surface area contributed by atoms with Crippen molar-refractivity contribution >= 4 is 38.5 Å². The Labute approximate surface area is 293 Å². The van der Waals surface area contributed by atoms with Crippen LogP contribution in [0, 0.1) is 0 Å². The van der Waals surface area contributed by atoms with Crippen LogP contribution in [0.2, 0.25) is 0 Å². The number of rotatable bonds is 5. The second kappa shape index (κ2) is 11.8. The third kappa shape index (κ3) is 4.97. The van der Waals surface area contributed by atoms with Crippen molar-refractivity contribution < 1.29 is 0 Å². The summed E-state index contributed by atoms with van der Waals surface area (Å²) in [5, 5.41) is 1.41. The second-order valence-corrected chi connectivity index (χ2v) is 15.2. The van der Waals surface area contributed by atoms with Gasteiger partial charge in [-0.3, -0.25) is 0 Å². The number of hydrogen-bond acceptors (Lipinski definition) is 2. The zero-order valence-corrected chi connectivity index (χ0v) is 29.1. The summed E-state index contributed by atoms with van der Waals surface area (Å²) in [6.45, 7) is 7.16. The molecule has 1 aromatic heterocycles. The Morgan fingerprint density at radius 3 is 1.94 bits per heavy atom. The lowest BCUT2D eigenvalue weighted by molar-refractivity contribution is 0.660. The summed E-state index contributed by atoms with van der Waals surface area (Å²) in [6.07, 6.45) is 4.70. The summed E-state index contributed by atoms with van der Waals surface area (Å²) < 4.78 is 1.37. The molecule has 0 bridgehead atoms. The third-order valence-corrected chi connectivity index (χ3v) is 12.0. The van der Waals surface area contributed by atoms with Crippen LogP contribution in [0.3, 0.4) is 0 Å². The fraction of sp³-hybridized carbons (Fsp3) is 0.149. The molecule has 1 unspecified atom stereocenters. The molecule has 0 aliphatic heterocycles. The fourth-order valence-corrected chi connectivity index (χ4v) is 9.55. The van der Waals surface area contributed by atoms with E-state index in [1.165, 1.54) is 82.1 Å². The highest BCUT2D eigenvalue weighted by molar-refractivity contribution is 7.20. The van der Waals surface area contributed by atoms with E-state index >= 15 is 0 Å². The predicted molar refractivity (Wildman–Crippen MR) is 211 cm³/mol. The zero-order chi connectivity index (χ0) is 33.1. The average molecular weight is 650 g/mol. The average Bonchev–Trinajstić information content (AvgIpc) is 3.58. The summed E-state index contributed by atoms with van der Waals surface area (Å²) in [7, 11) is 0. The fourth-order valence-electron chi connectivity index (χ4n) is 8.19. The monoisotopic (exact) mass is 649 g/mol. The van der Waals surface area contributed by atoms with Gasteiger partial charge in [0.2, 0.25) is 0 Å². The molecular weight excluding hydrogens is 611 g/mol. The van der Waals surface area contributed by atoms with Gasteiger partial charge in [0.1, 0.15) is 0 Å². The highest BCUT2D eigenvalue weighted by Crippen LogP contribution is 2.52. The first-order valence-corrected chi connectivity index (χ1v) is 18.3. The minimum absolute atomic E-state index is 0.0709. The molecule has 0 saturated carbocycles. The molecule has 7 aromatic rings. The number of anilines is 2. The normalized spacial score (nSPS) is 16.0.